The van der Waals surface area contributed by atoms with E-state index in [2.05, 4.69) is 63.7 Å². The molecule has 0 aliphatic carbocycles. The van der Waals surface area contributed by atoms with Gasteiger partial charge in [-0.25, -0.2) is 0 Å². The van der Waals surface area contributed by atoms with Gasteiger partial charge in [-0.15, -0.1) is 34.2 Å². The summed E-state index contributed by atoms with van der Waals surface area (Å²) in [7, 11) is 0. The Balaban J connectivity index is 0.00000576. The van der Waals surface area contributed by atoms with Crippen molar-refractivity contribution in [3.05, 3.63) is 5.82 Å². The van der Waals surface area contributed by atoms with Crippen LogP contribution in [0.5, 0.6) is 0 Å². The van der Waals surface area contributed by atoms with E-state index in [-0.39, 0.29) is 24.0 Å². The Kier molecular flexibility index (Phi) is 14.9. The van der Waals surface area contributed by atoms with E-state index >= 15 is 0 Å². The van der Waals surface area contributed by atoms with Gasteiger partial charge in [0.2, 0.25) is 0 Å². The van der Waals surface area contributed by atoms with Crippen molar-refractivity contribution in [2.75, 3.05) is 37.9 Å². The molecule has 9 heteroatoms. The van der Waals surface area contributed by atoms with Gasteiger partial charge in [0.1, 0.15) is 5.82 Å². The van der Waals surface area contributed by atoms with Gasteiger partial charge in [0, 0.05) is 38.4 Å². The van der Waals surface area contributed by atoms with Crippen molar-refractivity contribution in [2.24, 2.45) is 10.9 Å². The minimum Gasteiger partial charge on any atom is -0.357 e. The molecule has 1 aromatic heterocycles. The molecule has 25 heavy (non-hydrogen) atoms. The number of aliphatic imine (C=N–C) groups is 1. The fourth-order valence-corrected chi connectivity index (χ4v) is 3.07. The highest BCUT2D eigenvalue weighted by atomic mass is 127. The Bertz CT molecular complexity index is 493. The highest BCUT2D eigenvalue weighted by Gasteiger charge is 2.12. The molecule has 146 valence electrons. The molecule has 2 N–H and O–H groups in total. The van der Waals surface area contributed by atoms with Crippen LogP contribution in [0.3, 0.4) is 0 Å². The van der Waals surface area contributed by atoms with E-state index in [9.17, 15) is 0 Å². The summed E-state index contributed by atoms with van der Waals surface area (Å²) in [4.78, 5) is 4.64. The number of rotatable bonds is 11. The van der Waals surface area contributed by atoms with Crippen LogP contribution in [0.2, 0.25) is 0 Å². The maximum atomic E-state index is 4.64. The number of thioether (sulfide) groups is 2. The minimum atomic E-state index is 0. The molecule has 6 nitrogen and oxygen atoms in total. The van der Waals surface area contributed by atoms with Crippen LogP contribution < -0.4 is 10.6 Å². The summed E-state index contributed by atoms with van der Waals surface area (Å²) in [5, 5.41) is 16.3. The summed E-state index contributed by atoms with van der Waals surface area (Å²) in [5.74, 6) is 3.65. The molecule has 0 saturated carbocycles. The lowest BCUT2D eigenvalue weighted by Crippen LogP contribution is -2.38. The number of aromatic nitrogens is 3. The molecule has 0 bridgehead atoms. The lowest BCUT2D eigenvalue weighted by Gasteiger charge is -2.12. The summed E-state index contributed by atoms with van der Waals surface area (Å²) in [6.45, 7) is 10.1. The largest absolute Gasteiger partial charge is 0.357 e. The molecule has 0 fully saturated rings. The van der Waals surface area contributed by atoms with E-state index < -0.39 is 0 Å². The normalized spacial score (nSPS) is 11.5. The molecule has 1 heterocycles. The van der Waals surface area contributed by atoms with Crippen LogP contribution >= 0.6 is 47.5 Å². The lowest BCUT2D eigenvalue weighted by molar-refractivity contribution is 0.477. The summed E-state index contributed by atoms with van der Waals surface area (Å²) < 4.78 is 2.25. The molecule has 0 saturated heterocycles. The van der Waals surface area contributed by atoms with Gasteiger partial charge in [-0.05, 0) is 31.8 Å². The van der Waals surface area contributed by atoms with Gasteiger partial charge in [-0.1, -0.05) is 25.6 Å². The van der Waals surface area contributed by atoms with Crippen LogP contribution in [0.15, 0.2) is 10.1 Å². The molecule has 1 rings (SSSR count). The fraction of sp³-hybridized carbons (Fsp3) is 0.812. The van der Waals surface area contributed by atoms with E-state index in [4.69, 9.17) is 0 Å². The van der Waals surface area contributed by atoms with Crippen LogP contribution in [0.25, 0.3) is 0 Å². The zero-order chi connectivity index (χ0) is 17.8. The van der Waals surface area contributed by atoms with Crippen LogP contribution in [0.4, 0.5) is 0 Å². The van der Waals surface area contributed by atoms with Crippen molar-refractivity contribution in [3.63, 3.8) is 0 Å². The fourth-order valence-electron chi connectivity index (χ4n) is 2.24. The SMILES string of the molecule is CCNC(=NCCCc1nnc(SC)n1CC(C)C)NCCSC.I. The molecule has 0 aromatic carbocycles. The van der Waals surface area contributed by atoms with Crippen molar-refractivity contribution >= 4 is 53.5 Å². The number of hydrogen-bond donors (Lipinski definition) is 2. The molecule has 0 aliphatic rings. The highest BCUT2D eigenvalue weighted by Crippen LogP contribution is 2.16. The lowest BCUT2D eigenvalue weighted by atomic mass is 10.2. The standard InChI is InChI=1S/C16H32N6S2.HI/c1-6-17-15(19-10-11-23-4)18-9-7-8-14-20-21-16(24-5)22(14)12-13(2)3;/h13H,6-12H2,1-5H3,(H2,17,18,19);1H. The van der Waals surface area contributed by atoms with Crippen LogP contribution in [-0.2, 0) is 13.0 Å². The van der Waals surface area contributed by atoms with Gasteiger partial charge in [0.15, 0.2) is 11.1 Å². The molecule has 0 spiro atoms. The molecule has 0 unspecified atom stereocenters. The Labute approximate surface area is 178 Å². The first-order valence-electron chi connectivity index (χ1n) is 8.59. The second-order valence-corrected chi connectivity index (χ2v) is 7.65. The van der Waals surface area contributed by atoms with Crippen molar-refractivity contribution in [1.29, 1.82) is 0 Å². The van der Waals surface area contributed by atoms with Crippen molar-refractivity contribution in [2.45, 2.75) is 45.3 Å². The first-order chi connectivity index (χ1) is 11.6. The monoisotopic (exact) mass is 500 g/mol. The minimum absolute atomic E-state index is 0. The van der Waals surface area contributed by atoms with Crippen LogP contribution in [0.1, 0.15) is 33.0 Å². The van der Waals surface area contributed by atoms with Gasteiger partial charge >= 0.3 is 0 Å². The Hall–Kier alpha value is -0.160. The molecule has 1 aromatic rings. The molecule has 0 amide bonds. The number of hydrogen-bond acceptors (Lipinski definition) is 5. The quantitative estimate of drug-likeness (QED) is 0.160. The molecule has 0 atom stereocenters. The van der Waals surface area contributed by atoms with Gasteiger partial charge in [0.25, 0.3) is 0 Å². The summed E-state index contributed by atoms with van der Waals surface area (Å²) in [6, 6.07) is 0. The molecular weight excluding hydrogens is 467 g/mol. The van der Waals surface area contributed by atoms with E-state index in [1.165, 1.54) is 0 Å². The van der Waals surface area contributed by atoms with Gasteiger partial charge in [-0.2, -0.15) is 11.8 Å². The predicted octanol–water partition coefficient (Wildman–Crippen LogP) is 3.12. The zero-order valence-electron chi connectivity index (χ0n) is 16.0. The Morgan fingerprint density at radius 1 is 1.24 bits per heavy atom. The highest BCUT2D eigenvalue weighted by molar-refractivity contribution is 14.0. The third-order valence-corrected chi connectivity index (χ3v) is 4.57. The van der Waals surface area contributed by atoms with E-state index in [1.807, 2.05) is 11.8 Å². The topological polar surface area (TPSA) is 67.1 Å². The summed E-state index contributed by atoms with van der Waals surface area (Å²) in [6.07, 6.45) is 6.05. The van der Waals surface area contributed by atoms with Crippen LogP contribution in [-0.4, -0.2) is 58.6 Å². The maximum Gasteiger partial charge on any atom is 0.191 e. The average molecular weight is 501 g/mol. The van der Waals surface area contributed by atoms with E-state index in [0.29, 0.717) is 5.92 Å². The van der Waals surface area contributed by atoms with Crippen LogP contribution in [0, 0.1) is 5.92 Å². The van der Waals surface area contributed by atoms with E-state index in [0.717, 1.165) is 61.7 Å². The Morgan fingerprint density at radius 3 is 2.60 bits per heavy atom. The van der Waals surface area contributed by atoms with E-state index in [1.54, 1.807) is 11.8 Å². The summed E-state index contributed by atoms with van der Waals surface area (Å²) >= 11 is 3.49. The van der Waals surface area contributed by atoms with Gasteiger partial charge in [0.05, 0.1) is 0 Å². The number of aryl methyl sites for hydroxylation is 1. The average Bonchev–Trinajstić information content (AvgIpc) is 2.93. The predicted molar refractivity (Wildman–Crippen MR) is 123 cm³/mol. The second-order valence-electron chi connectivity index (χ2n) is 5.89. The molecule has 0 aliphatic heterocycles. The van der Waals surface area contributed by atoms with Gasteiger partial charge in [-0.3, -0.25) is 4.99 Å². The van der Waals surface area contributed by atoms with Crippen molar-refractivity contribution in [1.82, 2.24) is 25.4 Å². The number of guanidine groups is 1. The molecule has 0 radical (unpaired) electrons. The third kappa shape index (κ3) is 9.93. The summed E-state index contributed by atoms with van der Waals surface area (Å²) in [5.41, 5.74) is 0. The smallest absolute Gasteiger partial charge is 0.191 e. The maximum absolute atomic E-state index is 4.64. The van der Waals surface area contributed by atoms with Crippen molar-refractivity contribution in [3.8, 4) is 0 Å². The number of nitrogens with zero attached hydrogens (tertiary/aromatic N) is 4. The number of nitrogens with one attached hydrogen (secondary N) is 2. The third-order valence-electron chi connectivity index (χ3n) is 3.30. The zero-order valence-corrected chi connectivity index (χ0v) is 20.0. The first kappa shape index (κ1) is 24.8. The number of halogens is 1. The Morgan fingerprint density at radius 2 is 2.00 bits per heavy atom. The first-order valence-corrected chi connectivity index (χ1v) is 11.2. The van der Waals surface area contributed by atoms with Gasteiger partial charge < -0.3 is 15.2 Å². The second kappa shape index (κ2) is 15.0. The molecular formula is C16H33IN6S2. The van der Waals surface area contributed by atoms with Crippen molar-refractivity contribution < 1.29 is 0 Å².